The molecule has 17 heavy (non-hydrogen) atoms. The Kier molecular flexibility index (Phi) is 5.21. The van der Waals surface area contributed by atoms with Crippen LogP contribution in [0, 0.1) is 0 Å². The van der Waals surface area contributed by atoms with E-state index in [4.69, 9.17) is 26.6 Å². The molecule has 0 aromatic heterocycles. The summed E-state index contributed by atoms with van der Waals surface area (Å²) in [6.45, 7) is 0.0641. The van der Waals surface area contributed by atoms with Crippen molar-refractivity contribution in [1.29, 1.82) is 0 Å². The van der Waals surface area contributed by atoms with Crippen LogP contribution in [0.5, 0.6) is 5.75 Å². The first-order valence-corrected chi connectivity index (χ1v) is 5.37. The smallest absolute Gasteiger partial charge is 0.337 e. The second kappa shape index (κ2) is 6.44. The van der Waals surface area contributed by atoms with E-state index in [1.165, 1.54) is 18.2 Å². The normalized spacial score (nSPS) is 12.4. The van der Waals surface area contributed by atoms with Gasteiger partial charge in [-0.3, -0.25) is 0 Å². The number of carboxylic acids is 1. The van der Waals surface area contributed by atoms with Crippen LogP contribution in [0.15, 0.2) is 18.2 Å². The lowest BCUT2D eigenvalue weighted by Crippen LogP contribution is -2.16. The number of hydrogen-bond donors (Lipinski definition) is 3. The molecular weight excluding hydrogens is 248 g/mol. The molecule has 0 spiro atoms. The number of rotatable bonds is 6. The highest BCUT2D eigenvalue weighted by Crippen LogP contribution is 2.28. The zero-order valence-corrected chi connectivity index (χ0v) is 9.72. The summed E-state index contributed by atoms with van der Waals surface area (Å²) in [6.07, 6.45) is -0.796. The van der Waals surface area contributed by atoms with Gasteiger partial charge in [0, 0.05) is 6.61 Å². The number of aliphatic hydroxyl groups is 1. The number of carbonyl (C=O) groups is 1. The molecule has 1 atom stereocenters. The van der Waals surface area contributed by atoms with E-state index in [2.05, 4.69) is 0 Å². The van der Waals surface area contributed by atoms with E-state index in [1.54, 1.807) is 0 Å². The Bertz CT molecular complexity index is 393. The molecular formula is C11H13ClO5. The lowest BCUT2D eigenvalue weighted by Gasteiger charge is -2.14. The van der Waals surface area contributed by atoms with Gasteiger partial charge in [0.05, 0.1) is 11.6 Å². The van der Waals surface area contributed by atoms with Crippen LogP contribution >= 0.6 is 11.6 Å². The zero-order valence-electron chi connectivity index (χ0n) is 8.97. The summed E-state index contributed by atoms with van der Waals surface area (Å²) in [5.41, 5.74) is 0.346. The molecule has 3 N–H and O–H groups in total. The zero-order chi connectivity index (χ0) is 12.8. The van der Waals surface area contributed by atoms with Gasteiger partial charge in [-0.1, -0.05) is 17.7 Å². The third-order valence-corrected chi connectivity index (χ3v) is 2.39. The number of hydrogen-bond acceptors (Lipinski definition) is 4. The first kappa shape index (κ1) is 13.8. The first-order chi connectivity index (χ1) is 8.06. The molecule has 0 aliphatic rings. The molecule has 0 aliphatic heterocycles. The van der Waals surface area contributed by atoms with Gasteiger partial charge in [-0.25, -0.2) is 4.79 Å². The molecule has 1 aromatic rings. The highest BCUT2D eigenvalue weighted by molar-refractivity contribution is 6.32. The van der Waals surface area contributed by atoms with Gasteiger partial charge < -0.3 is 20.1 Å². The largest absolute Gasteiger partial charge is 0.506 e. The summed E-state index contributed by atoms with van der Waals surface area (Å²) in [5, 5.41) is 26.9. The number of aliphatic hydroxyl groups excluding tert-OH is 1. The fourth-order valence-corrected chi connectivity index (χ4v) is 1.45. The number of benzene rings is 1. The van der Waals surface area contributed by atoms with Gasteiger partial charge >= 0.3 is 5.97 Å². The SMILES string of the molecule is O=C(O)C(OCCCO)c1ccc(O)c(Cl)c1. The van der Waals surface area contributed by atoms with Gasteiger partial charge in [0.25, 0.3) is 0 Å². The minimum absolute atomic E-state index is 0.0668. The summed E-state index contributed by atoms with van der Waals surface area (Å²) in [7, 11) is 0. The van der Waals surface area contributed by atoms with E-state index in [-0.39, 0.29) is 24.0 Å². The molecule has 0 heterocycles. The van der Waals surface area contributed by atoms with Gasteiger partial charge in [0.15, 0.2) is 6.10 Å². The van der Waals surface area contributed by atoms with Gasteiger partial charge in [0.1, 0.15) is 5.75 Å². The monoisotopic (exact) mass is 260 g/mol. The summed E-state index contributed by atoms with van der Waals surface area (Å²) < 4.78 is 5.13. The number of halogens is 1. The maximum absolute atomic E-state index is 11.0. The van der Waals surface area contributed by atoms with Crippen molar-refractivity contribution in [2.24, 2.45) is 0 Å². The van der Waals surface area contributed by atoms with E-state index in [1.807, 2.05) is 0 Å². The molecule has 94 valence electrons. The number of phenolic OH excluding ortho intramolecular Hbond substituents is 1. The number of phenols is 1. The number of carboxylic acid groups (broad SMARTS) is 1. The van der Waals surface area contributed by atoms with Crippen LogP contribution in [0.3, 0.4) is 0 Å². The third-order valence-electron chi connectivity index (χ3n) is 2.09. The molecule has 1 unspecified atom stereocenters. The Morgan fingerprint density at radius 3 is 2.71 bits per heavy atom. The first-order valence-electron chi connectivity index (χ1n) is 5.00. The van der Waals surface area contributed by atoms with Crippen molar-refractivity contribution in [3.63, 3.8) is 0 Å². The van der Waals surface area contributed by atoms with Crippen molar-refractivity contribution in [2.75, 3.05) is 13.2 Å². The maximum atomic E-state index is 11.0. The fourth-order valence-electron chi connectivity index (χ4n) is 1.26. The number of aromatic hydroxyl groups is 1. The Labute approximate surface area is 103 Å². The highest BCUT2D eigenvalue weighted by atomic mass is 35.5. The lowest BCUT2D eigenvalue weighted by molar-refractivity contribution is -0.151. The molecule has 0 saturated heterocycles. The Morgan fingerprint density at radius 2 is 2.18 bits per heavy atom. The molecule has 1 rings (SSSR count). The lowest BCUT2D eigenvalue weighted by atomic mass is 10.1. The fraction of sp³-hybridized carbons (Fsp3) is 0.364. The molecule has 1 aromatic carbocycles. The Hall–Kier alpha value is -1.30. The quantitative estimate of drug-likeness (QED) is 0.676. The molecule has 0 bridgehead atoms. The second-order valence-corrected chi connectivity index (χ2v) is 3.78. The standard InChI is InChI=1S/C11H13ClO5/c12-8-6-7(2-3-9(8)14)10(11(15)16)17-5-1-4-13/h2-3,6,10,13-14H,1,4-5H2,(H,15,16). The van der Waals surface area contributed by atoms with Crippen LogP contribution in [-0.4, -0.2) is 34.5 Å². The summed E-state index contributed by atoms with van der Waals surface area (Å²) in [4.78, 5) is 11.0. The maximum Gasteiger partial charge on any atom is 0.337 e. The van der Waals surface area contributed by atoms with Gasteiger partial charge in [0.2, 0.25) is 0 Å². The van der Waals surface area contributed by atoms with Crippen molar-refractivity contribution < 1.29 is 24.9 Å². The van der Waals surface area contributed by atoms with Crippen LogP contribution in [0.25, 0.3) is 0 Å². The van der Waals surface area contributed by atoms with Crippen molar-refractivity contribution in [2.45, 2.75) is 12.5 Å². The summed E-state index contributed by atoms with van der Waals surface area (Å²) in [5.74, 6) is -1.26. The summed E-state index contributed by atoms with van der Waals surface area (Å²) in [6, 6.07) is 4.08. The van der Waals surface area contributed by atoms with Crippen LogP contribution in [0.2, 0.25) is 5.02 Å². The van der Waals surface area contributed by atoms with Crippen molar-refractivity contribution in [3.05, 3.63) is 28.8 Å². The van der Waals surface area contributed by atoms with E-state index in [0.717, 1.165) is 0 Å². The predicted molar refractivity (Wildman–Crippen MR) is 61.1 cm³/mol. The Morgan fingerprint density at radius 1 is 1.47 bits per heavy atom. The van der Waals surface area contributed by atoms with Gasteiger partial charge in [-0.05, 0) is 24.1 Å². The van der Waals surface area contributed by atoms with E-state index in [9.17, 15) is 9.90 Å². The molecule has 5 nitrogen and oxygen atoms in total. The average molecular weight is 261 g/mol. The molecule has 0 aliphatic carbocycles. The van der Waals surface area contributed by atoms with Crippen molar-refractivity contribution >= 4 is 17.6 Å². The topological polar surface area (TPSA) is 87.0 Å². The molecule has 0 fully saturated rings. The average Bonchev–Trinajstić information content (AvgIpc) is 2.28. The van der Waals surface area contributed by atoms with Gasteiger partial charge in [-0.15, -0.1) is 0 Å². The third kappa shape index (κ3) is 3.89. The van der Waals surface area contributed by atoms with E-state index < -0.39 is 12.1 Å². The minimum Gasteiger partial charge on any atom is -0.506 e. The van der Waals surface area contributed by atoms with Crippen molar-refractivity contribution in [3.8, 4) is 5.75 Å². The van der Waals surface area contributed by atoms with Crippen LogP contribution in [0.1, 0.15) is 18.1 Å². The number of aliphatic carboxylic acids is 1. The minimum atomic E-state index is -1.15. The van der Waals surface area contributed by atoms with Crippen LogP contribution in [-0.2, 0) is 9.53 Å². The second-order valence-electron chi connectivity index (χ2n) is 3.38. The van der Waals surface area contributed by atoms with Crippen LogP contribution < -0.4 is 0 Å². The molecule has 0 radical (unpaired) electrons. The van der Waals surface area contributed by atoms with Gasteiger partial charge in [-0.2, -0.15) is 0 Å². The molecule has 0 amide bonds. The van der Waals surface area contributed by atoms with Crippen LogP contribution in [0.4, 0.5) is 0 Å². The highest BCUT2D eigenvalue weighted by Gasteiger charge is 2.21. The van der Waals surface area contributed by atoms with E-state index in [0.29, 0.717) is 12.0 Å². The Balaban J connectivity index is 2.82. The predicted octanol–water partition coefficient (Wildman–Crippen LogP) is 1.57. The molecule has 6 heteroatoms. The molecule has 0 saturated carbocycles. The van der Waals surface area contributed by atoms with E-state index >= 15 is 0 Å². The summed E-state index contributed by atoms with van der Waals surface area (Å²) >= 11 is 5.69. The number of ether oxygens (including phenoxy) is 1. The van der Waals surface area contributed by atoms with Crippen molar-refractivity contribution in [1.82, 2.24) is 0 Å².